The molecule has 0 bridgehead atoms. The molecular formula is C18H18F3N3O2. The summed E-state index contributed by atoms with van der Waals surface area (Å²) in [6.45, 7) is 2.04. The van der Waals surface area contributed by atoms with Crippen molar-refractivity contribution in [3.8, 4) is 0 Å². The molecule has 138 valence electrons. The molecule has 1 aromatic heterocycles. The fourth-order valence-corrected chi connectivity index (χ4v) is 2.66. The van der Waals surface area contributed by atoms with E-state index in [-0.39, 0.29) is 5.69 Å². The highest BCUT2D eigenvalue weighted by Gasteiger charge is 2.30. The lowest BCUT2D eigenvalue weighted by atomic mass is 10.1. The molecule has 2 aromatic rings. The van der Waals surface area contributed by atoms with E-state index in [9.17, 15) is 18.0 Å². The minimum Gasteiger partial charge on any atom is -0.381 e. The van der Waals surface area contributed by atoms with E-state index in [1.165, 1.54) is 12.1 Å². The number of benzene rings is 1. The summed E-state index contributed by atoms with van der Waals surface area (Å²) in [6, 6.07) is 7.54. The number of hydrogen-bond acceptors (Lipinski definition) is 4. The monoisotopic (exact) mass is 365 g/mol. The summed E-state index contributed by atoms with van der Waals surface area (Å²) in [5, 5.41) is 5.74. The quantitative estimate of drug-likeness (QED) is 0.846. The van der Waals surface area contributed by atoms with Gasteiger partial charge in [-0.15, -0.1) is 0 Å². The van der Waals surface area contributed by atoms with Crippen molar-refractivity contribution in [3.63, 3.8) is 0 Å². The van der Waals surface area contributed by atoms with Gasteiger partial charge in [0, 0.05) is 31.0 Å². The second-order valence-electron chi connectivity index (χ2n) is 6.04. The number of amides is 1. The second-order valence-corrected chi connectivity index (χ2v) is 6.04. The number of aromatic nitrogens is 1. The smallest absolute Gasteiger partial charge is 0.381 e. The molecule has 0 radical (unpaired) electrons. The standard InChI is InChI=1S/C18H18F3N3O2/c19-18(20,21)13-3-5-14(6-4-13)24-17(25)15-2-1-8-22-16(15)23-10-12-7-9-26-11-12/h1-6,8,12H,7,9-11H2,(H,22,23)(H,24,25). The Hall–Kier alpha value is -2.61. The molecule has 0 spiro atoms. The number of alkyl halides is 3. The van der Waals surface area contributed by atoms with Crippen LogP contribution in [0.15, 0.2) is 42.6 Å². The van der Waals surface area contributed by atoms with Crippen molar-refractivity contribution in [2.45, 2.75) is 12.6 Å². The van der Waals surface area contributed by atoms with Crippen LogP contribution in [0.3, 0.4) is 0 Å². The zero-order valence-corrected chi connectivity index (χ0v) is 13.8. The van der Waals surface area contributed by atoms with Crippen LogP contribution < -0.4 is 10.6 Å². The summed E-state index contributed by atoms with van der Waals surface area (Å²) >= 11 is 0. The van der Waals surface area contributed by atoms with Gasteiger partial charge in [0.15, 0.2) is 0 Å². The third kappa shape index (κ3) is 4.51. The highest BCUT2D eigenvalue weighted by atomic mass is 19.4. The lowest BCUT2D eigenvalue weighted by Gasteiger charge is -2.14. The molecule has 1 amide bonds. The predicted molar refractivity (Wildman–Crippen MR) is 91.0 cm³/mol. The molecule has 0 aliphatic carbocycles. The first-order chi connectivity index (χ1) is 12.4. The highest BCUT2D eigenvalue weighted by Crippen LogP contribution is 2.30. The molecule has 1 aliphatic heterocycles. The number of anilines is 2. The SMILES string of the molecule is O=C(Nc1ccc(C(F)(F)F)cc1)c1cccnc1NCC1CCOC1. The van der Waals surface area contributed by atoms with Gasteiger partial charge in [-0.3, -0.25) is 4.79 Å². The van der Waals surface area contributed by atoms with E-state index in [2.05, 4.69) is 15.6 Å². The average Bonchev–Trinajstić information content (AvgIpc) is 3.13. The zero-order valence-electron chi connectivity index (χ0n) is 13.8. The molecule has 1 aliphatic rings. The summed E-state index contributed by atoms with van der Waals surface area (Å²) in [7, 11) is 0. The Kier molecular flexibility index (Phi) is 5.41. The number of rotatable bonds is 5. The number of carbonyl (C=O) groups is 1. The number of carbonyl (C=O) groups excluding carboxylic acids is 1. The molecule has 1 saturated heterocycles. The Morgan fingerprint density at radius 3 is 2.65 bits per heavy atom. The van der Waals surface area contributed by atoms with Crippen molar-refractivity contribution in [2.75, 3.05) is 30.4 Å². The van der Waals surface area contributed by atoms with Gasteiger partial charge in [0.1, 0.15) is 5.82 Å². The third-order valence-corrected chi connectivity index (χ3v) is 4.10. The van der Waals surface area contributed by atoms with Crippen molar-refractivity contribution in [1.29, 1.82) is 0 Å². The van der Waals surface area contributed by atoms with E-state index >= 15 is 0 Å². The van der Waals surface area contributed by atoms with Crippen molar-refractivity contribution >= 4 is 17.4 Å². The first kappa shape index (κ1) is 18.2. The zero-order chi connectivity index (χ0) is 18.6. The summed E-state index contributed by atoms with van der Waals surface area (Å²) in [4.78, 5) is 16.7. The Balaban J connectivity index is 1.67. The van der Waals surface area contributed by atoms with Crippen LogP contribution in [-0.4, -0.2) is 30.6 Å². The summed E-state index contributed by atoms with van der Waals surface area (Å²) in [6.07, 6.45) is -1.89. The Morgan fingerprint density at radius 1 is 1.23 bits per heavy atom. The molecule has 5 nitrogen and oxygen atoms in total. The van der Waals surface area contributed by atoms with Crippen molar-refractivity contribution in [1.82, 2.24) is 4.98 Å². The lowest BCUT2D eigenvalue weighted by Crippen LogP contribution is -2.19. The molecule has 0 saturated carbocycles. The molecule has 1 atom stereocenters. The average molecular weight is 365 g/mol. The number of nitrogens with zero attached hydrogens (tertiary/aromatic N) is 1. The number of pyridine rings is 1. The molecule has 1 unspecified atom stereocenters. The van der Waals surface area contributed by atoms with Crippen molar-refractivity contribution in [3.05, 3.63) is 53.7 Å². The first-order valence-corrected chi connectivity index (χ1v) is 8.19. The van der Waals surface area contributed by atoms with E-state index in [0.29, 0.717) is 30.5 Å². The Morgan fingerprint density at radius 2 is 2.00 bits per heavy atom. The maximum Gasteiger partial charge on any atom is 0.416 e. The molecule has 2 heterocycles. The van der Waals surface area contributed by atoms with E-state index in [0.717, 1.165) is 25.2 Å². The van der Waals surface area contributed by atoms with E-state index in [4.69, 9.17) is 4.74 Å². The van der Waals surface area contributed by atoms with Crippen molar-refractivity contribution < 1.29 is 22.7 Å². The number of ether oxygens (including phenoxy) is 1. The van der Waals surface area contributed by atoms with Gasteiger partial charge in [-0.05, 0) is 42.8 Å². The van der Waals surface area contributed by atoms with Gasteiger partial charge in [-0.2, -0.15) is 13.2 Å². The first-order valence-electron chi connectivity index (χ1n) is 8.19. The van der Waals surface area contributed by atoms with Gasteiger partial charge in [0.25, 0.3) is 5.91 Å². The Bertz CT molecular complexity index is 757. The van der Waals surface area contributed by atoms with Crippen LogP contribution in [0.25, 0.3) is 0 Å². The fourth-order valence-electron chi connectivity index (χ4n) is 2.66. The van der Waals surface area contributed by atoms with Gasteiger partial charge < -0.3 is 15.4 Å². The van der Waals surface area contributed by atoms with Gasteiger partial charge in [-0.25, -0.2) is 4.98 Å². The largest absolute Gasteiger partial charge is 0.416 e. The topological polar surface area (TPSA) is 63.2 Å². The highest BCUT2D eigenvalue weighted by molar-refractivity contribution is 6.07. The number of nitrogens with one attached hydrogen (secondary N) is 2. The maximum atomic E-state index is 12.6. The molecule has 26 heavy (non-hydrogen) atoms. The lowest BCUT2D eigenvalue weighted by molar-refractivity contribution is -0.137. The van der Waals surface area contributed by atoms with E-state index in [1.54, 1.807) is 18.3 Å². The minimum atomic E-state index is -4.41. The van der Waals surface area contributed by atoms with E-state index in [1.807, 2.05) is 0 Å². The Labute approximate surface area is 148 Å². The molecule has 8 heteroatoms. The molecule has 2 N–H and O–H groups in total. The van der Waals surface area contributed by atoms with Gasteiger partial charge in [0.05, 0.1) is 17.7 Å². The maximum absolute atomic E-state index is 12.6. The summed E-state index contributed by atoms with van der Waals surface area (Å²) in [5.74, 6) is 0.356. The number of hydrogen-bond donors (Lipinski definition) is 2. The molecular weight excluding hydrogens is 347 g/mol. The van der Waals surface area contributed by atoms with Crippen LogP contribution >= 0.6 is 0 Å². The van der Waals surface area contributed by atoms with Crippen LogP contribution in [0.2, 0.25) is 0 Å². The molecule has 3 rings (SSSR count). The van der Waals surface area contributed by atoms with Gasteiger partial charge in [-0.1, -0.05) is 0 Å². The van der Waals surface area contributed by atoms with Crippen LogP contribution in [0.1, 0.15) is 22.3 Å². The predicted octanol–water partition coefficient (Wildman–Crippen LogP) is 3.80. The van der Waals surface area contributed by atoms with Crippen LogP contribution in [0.5, 0.6) is 0 Å². The van der Waals surface area contributed by atoms with Crippen LogP contribution in [0.4, 0.5) is 24.7 Å². The fraction of sp³-hybridized carbons (Fsp3) is 0.333. The van der Waals surface area contributed by atoms with Crippen LogP contribution in [-0.2, 0) is 10.9 Å². The second kappa shape index (κ2) is 7.74. The molecule has 1 fully saturated rings. The number of halogens is 3. The minimum absolute atomic E-state index is 0.280. The van der Waals surface area contributed by atoms with Gasteiger partial charge >= 0.3 is 6.18 Å². The third-order valence-electron chi connectivity index (χ3n) is 4.10. The van der Waals surface area contributed by atoms with Crippen LogP contribution in [0, 0.1) is 5.92 Å². The molecule has 1 aromatic carbocycles. The van der Waals surface area contributed by atoms with E-state index < -0.39 is 17.6 Å². The summed E-state index contributed by atoms with van der Waals surface area (Å²) in [5.41, 5.74) is -0.161. The van der Waals surface area contributed by atoms with Gasteiger partial charge in [0.2, 0.25) is 0 Å². The summed E-state index contributed by atoms with van der Waals surface area (Å²) < 4.78 is 43.1. The normalized spacial score (nSPS) is 17.1. The van der Waals surface area contributed by atoms with Crippen molar-refractivity contribution in [2.24, 2.45) is 5.92 Å².